The Morgan fingerprint density at radius 3 is 2.72 bits per heavy atom. The van der Waals surface area contributed by atoms with E-state index < -0.39 is 0 Å². The molecule has 96 valence electrons. The molecule has 0 aliphatic rings. The van der Waals surface area contributed by atoms with Crippen molar-refractivity contribution in [2.75, 3.05) is 6.54 Å². The molecule has 0 aliphatic carbocycles. The predicted octanol–water partition coefficient (Wildman–Crippen LogP) is 4.38. The summed E-state index contributed by atoms with van der Waals surface area (Å²) < 4.78 is 20.2. The van der Waals surface area contributed by atoms with Gasteiger partial charge in [-0.2, -0.15) is 0 Å². The van der Waals surface area contributed by atoms with Gasteiger partial charge in [0, 0.05) is 22.0 Å². The molecule has 0 aliphatic heterocycles. The van der Waals surface area contributed by atoms with Crippen LogP contribution in [0.1, 0.15) is 11.0 Å². The lowest BCUT2D eigenvalue weighted by atomic mass is 10.3. The third-order valence-corrected chi connectivity index (χ3v) is 4.02. The molecular formula is C12H10BrClFNOS. The van der Waals surface area contributed by atoms with Crippen molar-refractivity contribution >= 4 is 38.9 Å². The quantitative estimate of drug-likeness (QED) is 0.888. The van der Waals surface area contributed by atoms with E-state index in [4.69, 9.17) is 22.1 Å². The fourth-order valence-corrected chi connectivity index (χ4v) is 3.03. The SMILES string of the molecule is NCC(Oc1cc(F)cc(Br)c1)c1ccc(Cl)s1. The van der Waals surface area contributed by atoms with Crippen molar-refractivity contribution in [3.63, 3.8) is 0 Å². The van der Waals surface area contributed by atoms with Gasteiger partial charge < -0.3 is 10.5 Å². The Bertz CT molecular complexity index is 528. The number of thiophene rings is 1. The lowest BCUT2D eigenvalue weighted by Gasteiger charge is -2.16. The van der Waals surface area contributed by atoms with E-state index in [1.807, 2.05) is 6.07 Å². The summed E-state index contributed by atoms with van der Waals surface area (Å²) in [6.45, 7) is 0.297. The van der Waals surface area contributed by atoms with Gasteiger partial charge in [0.1, 0.15) is 17.7 Å². The second-order valence-electron chi connectivity index (χ2n) is 3.59. The van der Waals surface area contributed by atoms with Crippen LogP contribution in [0.25, 0.3) is 0 Å². The summed E-state index contributed by atoms with van der Waals surface area (Å²) in [6.07, 6.45) is -0.323. The number of benzene rings is 1. The van der Waals surface area contributed by atoms with E-state index in [0.29, 0.717) is 21.1 Å². The smallest absolute Gasteiger partial charge is 0.145 e. The Balaban J connectivity index is 2.20. The molecule has 0 bridgehead atoms. The van der Waals surface area contributed by atoms with E-state index in [-0.39, 0.29) is 11.9 Å². The van der Waals surface area contributed by atoms with Gasteiger partial charge in [-0.05, 0) is 24.3 Å². The largest absolute Gasteiger partial charge is 0.483 e. The van der Waals surface area contributed by atoms with Crippen molar-refractivity contribution in [3.05, 3.63) is 49.8 Å². The second-order valence-corrected chi connectivity index (χ2v) is 6.25. The molecule has 18 heavy (non-hydrogen) atoms. The monoisotopic (exact) mass is 349 g/mol. The summed E-state index contributed by atoms with van der Waals surface area (Å²) >= 11 is 10.5. The van der Waals surface area contributed by atoms with Crippen molar-refractivity contribution in [2.24, 2.45) is 5.73 Å². The van der Waals surface area contributed by atoms with Gasteiger partial charge >= 0.3 is 0 Å². The average molecular weight is 351 g/mol. The first-order valence-electron chi connectivity index (χ1n) is 5.16. The van der Waals surface area contributed by atoms with Gasteiger partial charge in [0.25, 0.3) is 0 Å². The van der Waals surface area contributed by atoms with Crippen LogP contribution in [0.15, 0.2) is 34.8 Å². The molecule has 6 heteroatoms. The zero-order chi connectivity index (χ0) is 13.1. The molecule has 0 fully saturated rings. The zero-order valence-electron chi connectivity index (χ0n) is 9.20. The van der Waals surface area contributed by atoms with Crippen molar-refractivity contribution in [3.8, 4) is 5.75 Å². The van der Waals surface area contributed by atoms with E-state index in [0.717, 1.165) is 4.88 Å². The first-order chi connectivity index (χ1) is 8.58. The topological polar surface area (TPSA) is 35.2 Å². The molecule has 0 saturated carbocycles. The van der Waals surface area contributed by atoms with Gasteiger partial charge in [0.2, 0.25) is 0 Å². The molecule has 2 nitrogen and oxygen atoms in total. The predicted molar refractivity (Wildman–Crippen MR) is 75.9 cm³/mol. The molecule has 2 aromatic rings. The van der Waals surface area contributed by atoms with Crippen molar-refractivity contribution < 1.29 is 9.13 Å². The molecule has 1 aromatic heterocycles. The molecule has 2 N–H and O–H groups in total. The van der Waals surface area contributed by atoms with Crippen LogP contribution in [-0.2, 0) is 0 Å². The average Bonchev–Trinajstić information content (AvgIpc) is 2.71. The molecule has 1 aromatic carbocycles. The number of hydrogen-bond acceptors (Lipinski definition) is 3. The van der Waals surface area contributed by atoms with Crippen LogP contribution in [0.5, 0.6) is 5.75 Å². The minimum Gasteiger partial charge on any atom is -0.483 e. The minimum absolute atomic E-state index is 0.297. The zero-order valence-corrected chi connectivity index (χ0v) is 12.4. The standard InChI is InChI=1S/C12H10BrClFNOS/c13-7-3-8(15)5-9(4-7)17-10(6-16)11-1-2-12(14)18-11/h1-5,10H,6,16H2. The number of nitrogens with two attached hydrogens (primary N) is 1. The highest BCUT2D eigenvalue weighted by Crippen LogP contribution is 2.31. The molecule has 2 rings (SSSR count). The van der Waals surface area contributed by atoms with E-state index in [1.165, 1.54) is 23.5 Å². The second kappa shape index (κ2) is 6.02. The molecule has 0 radical (unpaired) electrons. The highest BCUT2D eigenvalue weighted by molar-refractivity contribution is 9.10. The molecule has 1 heterocycles. The van der Waals surface area contributed by atoms with Crippen molar-refractivity contribution in [1.82, 2.24) is 0 Å². The molecular weight excluding hydrogens is 341 g/mol. The number of hydrogen-bond donors (Lipinski definition) is 1. The Hall–Kier alpha value is -0.620. The normalized spacial score (nSPS) is 12.4. The maximum absolute atomic E-state index is 13.2. The Kier molecular flexibility index (Phi) is 4.61. The van der Waals surface area contributed by atoms with Crippen LogP contribution in [0.3, 0.4) is 0 Å². The summed E-state index contributed by atoms with van der Waals surface area (Å²) in [5.41, 5.74) is 5.67. The maximum atomic E-state index is 13.2. The highest BCUT2D eigenvalue weighted by Gasteiger charge is 2.14. The molecule has 1 unspecified atom stereocenters. The highest BCUT2D eigenvalue weighted by atomic mass is 79.9. The van der Waals surface area contributed by atoms with Gasteiger partial charge in [0.15, 0.2) is 0 Å². The van der Waals surface area contributed by atoms with Gasteiger partial charge in [-0.1, -0.05) is 27.5 Å². The van der Waals surface area contributed by atoms with E-state index in [9.17, 15) is 4.39 Å². The summed E-state index contributed by atoms with van der Waals surface area (Å²) in [6, 6.07) is 8.03. The number of rotatable bonds is 4. The summed E-state index contributed by atoms with van der Waals surface area (Å²) in [5, 5.41) is 0. The van der Waals surface area contributed by atoms with Crippen molar-refractivity contribution in [2.45, 2.75) is 6.10 Å². The Labute approximate surface area is 122 Å². The lowest BCUT2D eigenvalue weighted by molar-refractivity contribution is 0.217. The Morgan fingerprint density at radius 1 is 1.39 bits per heavy atom. The van der Waals surface area contributed by atoms with Crippen LogP contribution < -0.4 is 10.5 Å². The first kappa shape index (κ1) is 13.8. The van der Waals surface area contributed by atoms with E-state index >= 15 is 0 Å². The number of halogens is 3. The van der Waals surface area contributed by atoms with Gasteiger partial charge in [-0.15, -0.1) is 11.3 Å². The lowest BCUT2D eigenvalue weighted by Crippen LogP contribution is -2.17. The third-order valence-electron chi connectivity index (χ3n) is 2.24. The molecule has 0 spiro atoms. The van der Waals surface area contributed by atoms with Gasteiger partial charge in [-0.3, -0.25) is 0 Å². The van der Waals surface area contributed by atoms with Crippen LogP contribution in [0.4, 0.5) is 4.39 Å². The van der Waals surface area contributed by atoms with Crippen LogP contribution >= 0.6 is 38.9 Å². The number of ether oxygens (including phenoxy) is 1. The Morgan fingerprint density at radius 2 is 2.17 bits per heavy atom. The maximum Gasteiger partial charge on any atom is 0.145 e. The summed E-state index contributed by atoms with van der Waals surface area (Å²) in [4.78, 5) is 0.919. The van der Waals surface area contributed by atoms with Crippen molar-refractivity contribution in [1.29, 1.82) is 0 Å². The molecule has 0 amide bonds. The van der Waals surface area contributed by atoms with Crippen LogP contribution in [0.2, 0.25) is 4.34 Å². The third kappa shape index (κ3) is 3.45. The molecule has 0 saturated heterocycles. The van der Waals surface area contributed by atoms with Crippen LogP contribution in [0, 0.1) is 5.82 Å². The first-order valence-corrected chi connectivity index (χ1v) is 7.15. The van der Waals surface area contributed by atoms with Crippen LogP contribution in [-0.4, -0.2) is 6.54 Å². The minimum atomic E-state index is -0.362. The summed E-state index contributed by atoms with van der Waals surface area (Å²) in [5.74, 6) is 0.0706. The van der Waals surface area contributed by atoms with E-state index in [2.05, 4.69) is 15.9 Å². The summed E-state index contributed by atoms with van der Waals surface area (Å²) in [7, 11) is 0. The van der Waals surface area contributed by atoms with Gasteiger partial charge in [0.05, 0.1) is 4.34 Å². The molecule has 1 atom stereocenters. The van der Waals surface area contributed by atoms with Gasteiger partial charge in [-0.25, -0.2) is 4.39 Å². The fourth-order valence-electron chi connectivity index (χ4n) is 1.48. The van der Waals surface area contributed by atoms with E-state index in [1.54, 1.807) is 12.1 Å². The fraction of sp³-hybridized carbons (Fsp3) is 0.167.